The van der Waals surface area contributed by atoms with E-state index in [1.165, 1.54) is 10.4 Å². The van der Waals surface area contributed by atoms with Crippen LogP contribution in [0.15, 0.2) is 35.3 Å². The fourth-order valence-electron chi connectivity index (χ4n) is 2.43. The Hall–Kier alpha value is -1.74. The predicted octanol–water partition coefficient (Wildman–Crippen LogP) is 4.33. The first-order valence-electron chi connectivity index (χ1n) is 6.38. The van der Waals surface area contributed by atoms with Gasteiger partial charge in [-0.3, -0.25) is 4.79 Å². The standard InChI is InChI=1S/C16H15NOS/c1-10-8-13(18)15-11(2)14(19-16(15)17-10)9-12-6-4-3-5-7-12/h3-7H,8-9H2,1-2H3. The Labute approximate surface area is 116 Å². The van der Waals surface area contributed by atoms with Gasteiger partial charge in [0.05, 0.1) is 5.56 Å². The van der Waals surface area contributed by atoms with Gasteiger partial charge in [0.1, 0.15) is 5.00 Å². The Kier molecular flexibility index (Phi) is 3.07. The molecule has 0 radical (unpaired) electrons. The molecule has 0 aliphatic carbocycles. The lowest BCUT2D eigenvalue weighted by atomic mass is 9.99. The van der Waals surface area contributed by atoms with Gasteiger partial charge in [0.25, 0.3) is 0 Å². The minimum Gasteiger partial charge on any atom is -0.294 e. The number of fused-ring (bicyclic) bond motifs is 1. The number of thiophene rings is 1. The first-order chi connectivity index (χ1) is 9.15. The second kappa shape index (κ2) is 4.74. The average Bonchev–Trinajstić information content (AvgIpc) is 2.67. The van der Waals surface area contributed by atoms with Crippen LogP contribution >= 0.6 is 11.3 Å². The smallest absolute Gasteiger partial charge is 0.171 e. The summed E-state index contributed by atoms with van der Waals surface area (Å²) < 4.78 is 0. The molecule has 19 heavy (non-hydrogen) atoms. The SMILES string of the molecule is CC1=Nc2sc(Cc3ccccc3)c(C)c2C(=O)C1. The van der Waals surface area contributed by atoms with E-state index >= 15 is 0 Å². The molecule has 2 nitrogen and oxygen atoms in total. The van der Waals surface area contributed by atoms with Crippen LogP contribution in [0, 0.1) is 6.92 Å². The van der Waals surface area contributed by atoms with E-state index in [1.54, 1.807) is 11.3 Å². The molecule has 0 saturated heterocycles. The number of hydrogen-bond donors (Lipinski definition) is 0. The van der Waals surface area contributed by atoms with Crippen LogP contribution in [0.2, 0.25) is 0 Å². The van der Waals surface area contributed by atoms with E-state index in [9.17, 15) is 4.79 Å². The number of carbonyl (C=O) groups is 1. The van der Waals surface area contributed by atoms with Crippen molar-refractivity contribution in [3.63, 3.8) is 0 Å². The number of rotatable bonds is 2. The molecule has 1 aliphatic rings. The average molecular weight is 269 g/mol. The van der Waals surface area contributed by atoms with Crippen molar-refractivity contribution in [2.75, 3.05) is 0 Å². The lowest BCUT2D eigenvalue weighted by Gasteiger charge is -2.08. The molecule has 2 aromatic rings. The van der Waals surface area contributed by atoms with E-state index in [0.717, 1.165) is 28.3 Å². The maximum absolute atomic E-state index is 12.1. The van der Waals surface area contributed by atoms with Crippen molar-refractivity contribution < 1.29 is 4.79 Å². The molecule has 3 heteroatoms. The van der Waals surface area contributed by atoms with Crippen molar-refractivity contribution >= 4 is 27.8 Å². The monoisotopic (exact) mass is 269 g/mol. The topological polar surface area (TPSA) is 29.4 Å². The van der Waals surface area contributed by atoms with Gasteiger partial charge in [0, 0.05) is 23.4 Å². The molecule has 0 saturated carbocycles. The maximum atomic E-state index is 12.1. The predicted molar refractivity (Wildman–Crippen MR) is 80.0 cm³/mol. The summed E-state index contributed by atoms with van der Waals surface area (Å²) in [7, 11) is 0. The summed E-state index contributed by atoms with van der Waals surface area (Å²) in [5.74, 6) is 0.218. The molecule has 0 bridgehead atoms. The lowest BCUT2D eigenvalue weighted by molar-refractivity contribution is 0.0999. The zero-order chi connectivity index (χ0) is 13.4. The second-order valence-electron chi connectivity index (χ2n) is 4.94. The molecule has 1 aliphatic heterocycles. The van der Waals surface area contributed by atoms with Crippen LogP contribution in [0.5, 0.6) is 0 Å². The van der Waals surface area contributed by atoms with E-state index in [-0.39, 0.29) is 5.78 Å². The van der Waals surface area contributed by atoms with Crippen LogP contribution in [0.1, 0.15) is 39.7 Å². The van der Waals surface area contributed by atoms with Crippen molar-refractivity contribution in [1.82, 2.24) is 0 Å². The summed E-state index contributed by atoms with van der Waals surface area (Å²) in [6.45, 7) is 3.97. The van der Waals surface area contributed by atoms with E-state index < -0.39 is 0 Å². The normalized spacial score (nSPS) is 14.2. The Balaban J connectivity index is 2.01. The minimum absolute atomic E-state index is 0.218. The second-order valence-corrected chi connectivity index (χ2v) is 6.02. The number of ketones is 1. The van der Waals surface area contributed by atoms with Gasteiger partial charge in [-0.25, -0.2) is 4.99 Å². The Bertz CT molecular complexity index is 668. The Morgan fingerprint density at radius 1 is 1.21 bits per heavy atom. The number of aliphatic imine (C=N–C) groups is 1. The van der Waals surface area contributed by atoms with Gasteiger partial charge in [-0.05, 0) is 25.0 Å². The summed E-state index contributed by atoms with van der Waals surface area (Å²) in [5.41, 5.74) is 4.16. The van der Waals surface area contributed by atoms with Gasteiger partial charge in [0.15, 0.2) is 5.78 Å². The summed E-state index contributed by atoms with van der Waals surface area (Å²) in [5, 5.41) is 0.900. The molecular formula is C16H15NOS. The number of hydrogen-bond acceptors (Lipinski definition) is 3. The van der Waals surface area contributed by atoms with Crippen LogP contribution < -0.4 is 0 Å². The first-order valence-corrected chi connectivity index (χ1v) is 7.20. The molecule has 1 aromatic heterocycles. The first kappa shape index (κ1) is 12.3. The summed E-state index contributed by atoms with van der Waals surface area (Å²) in [6, 6.07) is 10.4. The molecule has 0 spiro atoms. The molecule has 0 N–H and O–H groups in total. The van der Waals surface area contributed by atoms with E-state index in [0.29, 0.717) is 6.42 Å². The van der Waals surface area contributed by atoms with Gasteiger partial charge in [-0.15, -0.1) is 11.3 Å². The van der Waals surface area contributed by atoms with Crippen molar-refractivity contribution in [3.05, 3.63) is 51.9 Å². The van der Waals surface area contributed by atoms with Gasteiger partial charge in [-0.1, -0.05) is 30.3 Å². The van der Waals surface area contributed by atoms with Crippen LogP contribution in [0.25, 0.3) is 0 Å². The van der Waals surface area contributed by atoms with Crippen molar-refractivity contribution in [2.45, 2.75) is 26.7 Å². The van der Waals surface area contributed by atoms with Crippen LogP contribution in [0.4, 0.5) is 5.00 Å². The Morgan fingerprint density at radius 3 is 2.68 bits per heavy atom. The molecule has 96 valence electrons. The minimum atomic E-state index is 0.218. The lowest BCUT2D eigenvalue weighted by Crippen LogP contribution is -2.10. The highest BCUT2D eigenvalue weighted by Gasteiger charge is 2.24. The summed E-state index contributed by atoms with van der Waals surface area (Å²) in [4.78, 5) is 17.9. The molecule has 0 amide bonds. The largest absolute Gasteiger partial charge is 0.294 e. The third-order valence-electron chi connectivity index (χ3n) is 3.42. The zero-order valence-electron chi connectivity index (χ0n) is 11.1. The summed E-state index contributed by atoms with van der Waals surface area (Å²) in [6.07, 6.45) is 1.35. The van der Waals surface area contributed by atoms with Crippen LogP contribution in [-0.2, 0) is 6.42 Å². The highest BCUT2D eigenvalue weighted by molar-refractivity contribution is 7.16. The van der Waals surface area contributed by atoms with Gasteiger partial charge in [0.2, 0.25) is 0 Å². The fourth-order valence-corrected chi connectivity index (χ4v) is 3.73. The van der Waals surface area contributed by atoms with Gasteiger partial charge < -0.3 is 0 Å². The van der Waals surface area contributed by atoms with Crippen molar-refractivity contribution in [3.8, 4) is 0 Å². The van der Waals surface area contributed by atoms with E-state index in [2.05, 4.69) is 17.1 Å². The van der Waals surface area contributed by atoms with Gasteiger partial charge >= 0.3 is 0 Å². The highest BCUT2D eigenvalue weighted by Crippen LogP contribution is 2.39. The molecule has 0 atom stereocenters. The number of carbonyl (C=O) groups excluding carboxylic acids is 1. The van der Waals surface area contributed by atoms with Crippen molar-refractivity contribution in [1.29, 1.82) is 0 Å². The van der Waals surface area contributed by atoms with Crippen LogP contribution in [-0.4, -0.2) is 11.5 Å². The maximum Gasteiger partial charge on any atom is 0.171 e. The third kappa shape index (κ3) is 2.26. The molecule has 2 heterocycles. The van der Waals surface area contributed by atoms with E-state index in [4.69, 9.17) is 0 Å². The highest BCUT2D eigenvalue weighted by atomic mass is 32.1. The third-order valence-corrected chi connectivity index (χ3v) is 4.61. The molecule has 0 unspecified atom stereocenters. The molecule has 3 rings (SSSR count). The van der Waals surface area contributed by atoms with Gasteiger partial charge in [-0.2, -0.15) is 0 Å². The quantitative estimate of drug-likeness (QED) is 0.798. The number of nitrogens with zero attached hydrogens (tertiary/aromatic N) is 1. The molecule has 1 aromatic carbocycles. The van der Waals surface area contributed by atoms with Crippen LogP contribution in [0.3, 0.4) is 0 Å². The molecular weight excluding hydrogens is 254 g/mol. The fraction of sp³-hybridized carbons (Fsp3) is 0.250. The zero-order valence-corrected chi connectivity index (χ0v) is 11.9. The summed E-state index contributed by atoms with van der Waals surface area (Å²) >= 11 is 1.66. The van der Waals surface area contributed by atoms with Crippen molar-refractivity contribution in [2.24, 2.45) is 4.99 Å². The number of benzene rings is 1. The van der Waals surface area contributed by atoms with E-state index in [1.807, 2.05) is 32.0 Å². The Morgan fingerprint density at radius 2 is 1.95 bits per heavy atom. The number of Topliss-reactive ketones (excluding diaryl/α,β-unsaturated/α-hetero) is 1. The molecule has 0 fully saturated rings.